The van der Waals surface area contributed by atoms with Crippen molar-refractivity contribution >= 4 is 28.9 Å². The Bertz CT molecular complexity index is 1030. The summed E-state index contributed by atoms with van der Waals surface area (Å²) < 4.78 is 19.0. The van der Waals surface area contributed by atoms with E-state index in [1.807, 2.05) is 30.3 Å². The van der Waals surface area contributed by atoms with Crippen LogP contribution in [0.15, 0.2) is 60.8 Å². The average Bonchev–Trinajstić information content (AvgIpc) is 2.80. The van der Waals surface area contributed by atoms with E-state index in [2.05, 4.69) is 33.8 Å². The predicted molar refractivity (Wildman–Crippen MR) is 128 cm³/mol. The van der Waals surface area contributed by atoms with E-state index in [0.717, 1.165) is 48.7 Å². The molecule has 168 valence electrons. The average molecular weight is 474 g/mol. The van der Waals surface area contributed by atoms with E-state index in [0.29, 0.717) is 23.2 Å². The van der Waals surface area contributed by atoms with Crippen LogP contribution in [0.5, 0.6) is 5.75 Å². The van der Waals surface area contributed by atoms with Gasteiger partial charge in [-0.1, -0.05) is 42.3 Å². The number of hydrogen-bond acceptors (Lipinski definition) is 4. The summed E-state index contributed by atoms with van der Waals surface area (Å²) in [4.78, 5) is 8.90. The molecule has 32 heavy (non-hydrogen) atoms. The first-order valence-electron chi connectivity index (χ1n) is 10.8. The Morgan fingerprint density at radius 2 is 1.88 bits per heavy atom. The highest BCUT2D eigenvalue weighted by molar-refractivity contribution is 6.33. The van der Waals surface area contributed by atoms with Gasteiger partial charge in [0, 0.05) is 37.3 Å². The maximum Gasteiger partial charge on any atom is 0.141 e. The fraction of sp³-hybridized carbons (Fsp3) is 0.320. The van der Waals surface area contributed by atoms with Crippen LogP contribution in [0.25, 0.3) is 0 Å². The summed E-state index contributed by atoms with van der Waals surface area (Å²) in [5.74, 6) is 0.461. The van der Waals surface area contributed by atoms with Gasteiger partial charge in [0.25, 0.3) is 0 Å². The van der Waals surface area contributed by atoms with E-state index < -0.39 is 0 Å². The molecule has 1 atom stereocenters. The minimum atomic E-state index is -0.321. The summed E-state index contributed by atoms with van der Waals surface area (Å²) in [5, 5.41) is 1.38. The van der Waals surface area contributed by atoms with Gasteiger partial charge < -0.3 is 9.64 Å². The molecule has 1 aliphatic heterocycles. The molecule has 0 bridgehead atoms. The van der Waals surface area contributed by atoms with Crippen LogP contribution < -0.4 is 9.64 Å². The normalized spacial score (nSPS) is 16.9. The van der Waals surface area contributed by atoms with Crippen molar-refractivity contribution < 1.29 is 9.13 Å². The molecule has 3 aromatic rings. The minimum absolute atomic E-state index is 0.0846. The Kier molecular flexibility index (Phi) is 7.51. The van der Waals surface area contributed by atoms with Crippen LogP contribution in [0.2, 0.25) is 10.0 Å². The number of rotatable bonds is 7. The van der Waals surface area contributed by atoms with Crippen molar-refractivity contribution in [1.29, 1.82) is 0 Å². The first-order valence-corrected chi connectivity index (χ1v) is 11.6. The molecule has 0 saturated carbocycles. The van der Waals surface area contributed by atoms with E-state index in [9.17, 15) is 4.39 Å². The Labute approximate surface area is 198 Å². The van der Waals surface area contributed by atoms with Gasteiger partial charge in [-0.3, -0.25) is 9.88 Å². The first-order chi connectivity index (χ1) is 15.5. The molecule has 0 amide bonds. The van der Waals surface area contributed by atoms with Crippen LogP contribution >= 0.6 is 23.2 Å². The lowest BCUT2D eigenvalue weighted by atomic mass is 10.0. The van der Waals surface area contributed by atoms with Gasteiger partial charge in [-0.2, -0.15) is 0 Å². The van der Waals surface area contributed by atoms with Crippen LogP contribution in [0.1, 0.15) is 30.6 Å². The maximum atomic E-state index is 13.2. The Hall–Kier alpha value is -2.34. The molecule has 2 aromatic carbocycles. The van der Waals surface area contributed by atoms with Crippen LogP contribution in [0, 0.1) is 5.82 Å². The monoisotopic (exact) mass is 473 g/mol. The molecule has 1 aliphatic rings. The van der Waals surface area contributed by atoms with Crippen LogP contribution in [0.3, 0.4) is 0 Å². The molecular weight excluding hydrogens is 448 g/mol. The number of ether oxygens (including phenoxy) is 1. The fourth-order valence-electron chi connectivity index (χ4n) is 4.00. The van der Waals surface area contributed by atoms with Crippen molar-refractivity contribution in [1.82, 2.24) is 9.88 Å². The lowest BCUT2D eigenvalue weighted by Gasteiger charge is -2.43. The second-order valence-corrected chi connectivity index (χ2v) is 8.77. The van der Waals surface area contributed by atoms with Crippen molar-refractivity contribution in [3.63, 3.8) is 0 Å². The Morgan fingerprint density at radius 3 is 2.56 bits per heavy atom. The highest BCUT2D eigenvalue weighted by Crippen LogP contribution is 2.37. The summed E-state index contributed by atoms with van der Waals surface area (Å²) in [5.41, 5.74) is 2.99. The predicted octanol–water partition coefficient (Wildman–Crippen LogP) is 6.38. The molecule has 0 radical (unpaired) electrons. The smallest absolute Gasteiger partial charge is 0.141 e. The Morgan fingerprint density at radius 1 is 1.06 bits per heavy atom. The highest BCUT2D eigenvalue weighted by Gasteiger charge is 2.30. The zero-order chi connectivity index (χ0) is 22.5. The topological polar surface area (TPSA) is 28.6 Å². The third-order valence-corrected chi connectivity index (χ3v) is 6.15. The van der Waals surface area contributed by atoms with Gasteiger partial charge in [0.1, 0.15) is 11.6 Å². The van der Waals surface area contributed by atoms with Crippen molar-refractivity contribution in [2.45, 2.75) is 25.9 Å². The molecule has 7 heteroatoms. The summed E-state index contributed by atoms with van der Waals surface area (Å²) in [6, 6.07) is 17.1. The number of benzene rings is 2. The molecule has 4 nitrogen and oxygen atoms in total. The number of hydrogen-bond donors (Lipinski definition) is 0. The van der Waals surface area contributed by atoms with Crippen molar-refractivity contribution in [2.24, 2.45) is 0 Å². The number of aromatic nitrogens is 1. The molecule has 1 saturated heterocycles. The molecule has 1 aromatic heterocycles. The number of pyridine rings is 1. The molecule has 1 fully saturated rings. The van der Waals surface area contributed by atoms with E-state index >= 15 is 0 Å². The Balaban J connectivity index is 1.58. The van der Waals surface area contributed by atoms with Crippen molar-refractivity contribution in [3.05, 3.63) is 87.9 Å². The van der Waals surface area contributed by atoms with Gasteiger partial charge in [-0.15, -0.1) is 0 Å². The van der Waals surface area contributed by atoms with E-state index in [4.69, 9.17) is 27.9 Å². The van der Waals surface area contributed by atoms with Crippen molar-refractivity contribution in [3.8, 4) is 5.75 Å². The maximum absolute atomic E-state index is 13.2. The summed E-state index contributed by atoms with van der Waals surface area (Å²) in [7, 11) is 0. The molecule has 4 rings (SSSR count). The quantitative estimate of drug-likeness (QED) is 0.397. The zero-order valence-corrected chi connectivity index (χ0v) is 19.5. The second kappa shape index (κ2) is 10.5. The van der Waals surface area contributed by atoms with Gasteiger partial charge in [0.05, 0.1) is 35.2 Å². The van der Waals surface area contributed by atoms with Gasteiger partial charge in [0.15, 0.2) is 0 Å². The van der Waals surface area contributed by atoms with Gasteiger partial charge >= 0.3 is 0 Å². The van der Waals surface area contributed by atoms with Gasteiger partial charge in [-0.05, 0) is 48.4 Å². The minimum Gasteiger partial charge on any atom is -0.494 e. The van der Waals surface area contributed by atoms with E-state index in [1.165, 1.54) is 12.3 Å². The van der Waals surface area contributed by atoms with E-state index in [1.54, 1.807) is 6.07 Å². The summed E-state index contributed by atoms with van der Waals surface area (Å²) >= 11 is 12.8. The number of nitrogens with zero attached hydrogens (tertiary/aromatic N) is 3. The van der Waals surface area contributed by atoms with Crippen LogP contribution in [-0.4, -0.2) is 36.1 Å². The summed E-state index contributed by atoms with van der Waals surface area (Å²) in [6.45, 7) is 5.82. The summed E-state index contributed by atoms with van der Waals surface area (Å²) in [6.07, 6.45) is 2.22. The van der Waals surface area contributed by atoms with Crippen LogP contribution in [-0.2, 0) is 6.54 Å². The number of anilines is 1. The third-order valence-electron chi connectivity index (χ3n) is 5.59. The largest absolute Gasteiger partial charge is 0.494 e. The fourth-order valence-corrected chi connectivity index (χ4v) is 4.41. The van der Waals surface area contributed by atoms with Crippen LogP contribution in [0.4, 0.5) is 10.1 Å². The SMILES string of the molecule is CCCOc1ccc(N2CCN(Cc3ccc(F)cn3)C[C@H]2c2ccc(Cl)cc2)c(Cl)c1. The third kappa shape index (κ3) is 5.52. The van der Waals surface area contributed by atoms with E-state index in [-0.39, 0.29) is 11.9 Å². The molecule has 0 N–H and O–H groups in total. The molecule has 2 heterocycles. The zero-order valence-electron chi connectivity index (χ0n) is 18.0. The molecule has 0 aliphatic carbocycles. The standard InChI is InChI=1S/C25H26Cl2FN3O/c1-2-13-32-22-9-10-24(23(27)14-22)31-12-11-30(16-21-8-7-20(28)15-29-21)17-25(31)18-3-5-19(26)6-4-18/h3-10,14-15,25H,2,11-13,16-17H2,1H3/t25-/m0/s1. The highest BCUT2D eigenvalue weighted by atomic mass is 35.5. The first kappa shape index (κ1) is 22.8. The molecule has 0 unspecified atom stereocenters. The van der Waals surface area contributed by atoms with Gasteiger partial charge in [0.2, 0.25) is 0 Å². The van der Waals surface area contributed by atoms with Crippen molar-refractivity contribution in [2.75, 3.05) is 31.1 Å². The number of halogens is 3. The van der Waals surface area contributed by atoms with Gasteiger partial charge in [-0.25, -0.2) is 4.39 Å². The lowest BCUT2D eigenvalue weighted by molar-refractivity contribution is 0.213. The number of piperazine rings is 1. The molecular formula is C25H26Cl2FN3O. The second-order valence-electron chi connectivity index (χ2n) is 7.93. The molecule has 0 spiro atoms. The lowest BCUT2D eigenvalue weighted by Crippen LogP contribution is -2.48.